The third kappa shape index (κ3) is 4.17. The van der Waals surface area contributed by atoms with Crippen molar-refractivity contribution in [3.05, 3.63) is 169 Å². The summed E-state index contributed by atoms with van der Waals surface area (Å²) in [4.78, 5) is 0. The average molecular weight is 550 g/mol. The number of fused-ring (bicyclic) bond motifs is 3. The summed E-state index contributed by atoms with van der Waals surface area (Å²) in [7, 11) is 0. The standard InChI is InChI=1S/C42H28/c1-2-11-33(12-3-1)41-37-14-6-8-16-39(37)42(40-17-9-7-15-38(40)41)34-25-22-31(23-26-34)30-18-20-32(21-19-30)36-27-24-29-10-4-5-13-35(29)28-36/h1-28H/i1D,2D,3D,6D,7D,8D,9D,11D,12D,14D,15D,16D,17D,18D,19D,20D,21D. The van der Waals surface area contributed by atoms with Crippen molar-refractivity contribution in [2.75, 3.05) is 0 Å². The number of rotatable bonds is 4. The van der Waals surface area contributed by atoms with Crippen LogP contribution in [0.15, 0.2) is 169 Å². The molecule has 196 valence electrons. The number of benzene rings is 8. The van der Waals surface area contributed by atoms with Gasteiger partial charge in [0.05, 0.1) is 23.3 Å². The van der Waals surface area contributed by atoms with Crippen LogP contribution in [-0.2, 0) is 0 Å². The lowest BCUT2D eigenvalue weighted by Crippen LogP contribution is -1.90. The van der Waals surface area contributed by atoms with E-state index in [-0.39, 0.29) is 79.1 Å². The second-order valence-corrected chi connectivity index (χ2v) is 9.64. The maximum Gasteiger partial charge on any atom is 0.0629 e. The smallest absolute Gasteiger partial charge is 0.0622 e. The Balaban J connectivity index is 1.45. The Morgan fingerprint density at radius 3 is 1.36 bits per heavy atom. The first-order chi connectivity index (χ1) is 27.9. The molecule has 0 spiro atoms. The lowest BCUT2D eigenvalue weighted by molar-refractivity contribution is 1.59. The molecule has 0 amide bonds. The van der Waals surface area contributed by atoms with Crippen LogP contribution in [0.1, 0.15) is 23.3 Å². The molecule has 8 aromatic rings. The van der Waals surface area contributed by atoms with Crippen LogP contribution in [0.4, 0.5) is 0 Å². The summed E-state index contributed by atoms with van der Waals surface area (Å²) in [6.45, 7) is 0. The number of hydrogen-bond acceptors (Lipinski definition) is 0. The van der Waals surface area contributed by atoms with E-state index < -0.39 is 84.1 Å². The highest BCUT2D eigenvalue weighted by Crippen LogP contribution is 2.43. The van der Waals surface area contributed by atoms with Crippen LogP contribution in [0.5, 0.6) is 0 Å². The molecule has 8 rings (SSSR count). The van der Waals surface area contributed by atoms with Gasteiger partial charge in [0, 0.05) is 0 Å². The van der Waals surface area contributed by atoms with Gasteiger partial charge in [0.2, 0.25) is 0 Å². The molecule has 0 heteroatoms. The minimum absolute atomic E-state index is 0.0221. The van der Waals surface area contributed by atoms with Gasteiger partial charge in [-0.15, -0.1) is 0 Å². The maximum atomic E-state index is 9.14. The molecule has 0 nitrogen and oxygen atoms in total. The monoisotopic (exact) mass is 549 g/mol. The SMILES string of the molecule is [2H]c1c([2H])c([2H])c(-c2c3c([2H])c([2H])c([2H])c([2H])c3c(-c3ccc(-c4c([2H])c([2H])c(-c5ccc6ccccc6c5)c([2H])c4[2H])cc3)c3c([2H])c([2H])c([2H])c([2H])c23)c([2H])c1[2H]. The molecule has 0 fully saturated rings. The first-order valence-electron chi connectivity index (χ1n) is 21.6. The van der Waals surface area contributed by atoms with E-state index in [4.69, 9.17) is 23.3 Å². The van der Waals surface area contributed by atoms with E-state index in [1.807, 2.05) is 30.3 Å². The molecular weight excluding hydrogens is 504 g/mol. The highest BCUT2D eigenvalue weighted by Gasteiger charge is 2.16. The van der Waals surface area contributed by atoms with E-state index in [0.717, 1.165) is 10.8 Å². The molecule has 0 saturated heterocycles. The molecule has 0 atom stereocenters. The summed E-state index contributed by atoms with van der Waals surface area (Å²) >= 11 is 0. The van der Waals surface area contributed by atoms with E-state index in [1.54, 1.807) is 12.1 Å². The molecule has 42 heavy (non-hydrogen) atoms. The largest absolute Gasteiger partial charge is 0.0629 e. The van der Waals surface area contributed by atoms with Gasteiger partial charge in [0.15, 0.2) is 0 Å². The molecular formula is C42H28. The quantitative estimate of drug-likeness (QED) is 0.192. The van der Waals surface area contributed by atoms with Gasteiger partial charge >= 0.3 is 0 Å². The van der Waals surface area contributed by atoms with Crippen LogP contribution < -0.4 is 0 Å². The second kappa shape index (κ2) is 10.2. The molecule has 0 radical (unpaired) electrons. The molecule has 0 aliphatic rings. The maximum absolute atomic E-state index is 9.14. The van der Waals surface area contributed by atoms with Crippen LogP contribution >= 0.6 is 0 Å². The van der Waals surface area contributed by atoms with Crippen molar-refractivity contribution >= 4 is 32.3 Å². The Hall–Kier alpha value is -5.46. The summed E-state index contributed by atoms with van der Waals surface area (Å²) in [5.41, 5.74) is 0.0570. The molecule has 0 bridgehead atoms. The fourth-order valence-electron chi connectivity index (χ4n) is 5.29. The van der Waals surface area contributed by atoms with Gasteiger partial charge in [0.25, 0.3) is 0 Å². The van der Waals surface area contributed by atoms with Crippen molar-refractivity contribution in [1.82, 2.24) is 0 Å². The predicted molar refractivity (Wildman–Crippen MR) is 181 cm³/mol. The Labute approximate surface area is 270 Å². The van der Waals surface area contributed by atoms with Crippen molar-refractivity contribution in [1.29, 1.82) is 0 Å². The fraction of sp³-hybridized carbons (Fsp3) is 0. The Morgan fingerprint density at radius 1 is 0.310 bits per heavy atom. The molecule has 8 aromatic carbocycles. The zero-order valence-corrected chi connectivity index (χ0v) is 21.9. The molecule has 0 N–H and O–H groups in total. The van der Waals surface area contributed by atoms with E-state index in [1.165, 1.54) is 24.3 Å². The van der Waals surface area contributed by atoms with Crippen molar-refractivity contribution in [2.24, 2.45) is 0 Å². The van der Waals surface area contributed by atoms with Gasteiger partial charge in [-0.2, -0.15) is 0 Å². The average Bonchev–Trinajstić information content (AvgIpc) is 3.23. The first kappa shape index (κ1) is 12.6. The topological polar surface area (TPSA) is 0 Å². The van der Waals surface area contributed by atoms with Gasteiger partial charge in [-0.25, -0.2) is 0 Å². The van der Waals surface area contributed by atoms with Crippen molar-refractivity contribution in [2.45, 2.75) is 0 Å². The molecule has 0 unspecified atom stereocenters. The summed E-state index contributed by atoms with van der Waals surface area (Å²) in [6.07, 6.45) is 0. The van der Waals surface area contributed by atoms with Gasteiger partial charge in [-0.1, -0.05) is 163 Å². The summed E-state index contributed by atoms with van der Waals surface area (Å²) in [5.74, 6) is 0. The van der Waals surface area contributed by atoms with Crippen molar-refractivity contribution < 1.29 is 23.3 Å². The molecule has 0 saturated carbocycles. The van der Waals surface area contributed by atoms with E-state index in [2.05, 4.69) is 0 Å². The fourth-order valence-corrected chi connectivity index (χ4v) is 5.29. The van der Waals surface area contributed by atoms with E-state index in [9.17, 15) is 0 Å². The summed E-state index contributed by atoms with van der Waals surface area (Å²) in [5, 5.41) is 0.639. The lowest BCUT2D eigenvalue weighted by atomic mass is 9.86. The lowest BCUT2D eigenvalue weighted by Gasteiger charge is -2.18. The highest BCUT2D eigenvalue weighted by atomic mass is 14.2. The molecule has 0 aromatic heterocycles. The first-order valence-corrected chi connectivity index (χ1v) is 13.1. The zero-order valence-electron chi connectivity index (χ0n) is 38.9. The highest BCUT2D eigenvalue weighted by molar-refractivity contribution is 6.21. The van der Waals surface area contributed by atoms with Gasteiger partial charge in [0.1, 0.15) is 0 Å². The van der Waals surface area contributed by atoms with Crippen LogP contribution in [-0.4, -0.2) is 0 Å². The van der Waals surface area contributed by atoms with E-state index in [0.29, 0.717) is 5.56 Å². The minimum atomic E-state index is -0.761. The Morgan fingerprint density at radius 2 is 0.762 bits per heavy atom. The minimum Gasteiger partial charge on any atom is -0.0622 e. The van der Waals surface area contributed by atoms with E-state index >= 15 is 0 Å². The van der Waals surface area contributed by atoms with Crippen LogP contribution in [0.2, 0.25) is 0 Å². The predicted octanol–water partition coefficient (Wildman–Crippen LogP) is 11.8. The van der Waals surface area contributed by atoms with Crippen LogP contribution in [0, 0.1) is 0 Å². The Bertz CT molecular complexity index is 3030. The van der Waals surface area contributed by atoms with Gasteiger partial charge in [-0.3, -0.25) is 0 Å². The van der Waals surface area contributed by atoms with Crippen molar-refractivity contribution in [3.63, 3.8) is 0 Å². The molecule has 0 aliphatic carbocycles. The third-order valence-electron chi connectivity index (χ3n) is 7.25. The second-order valence-electron chi connectivity index (χ2n) is 9.64. The number of hydrogen-bond donors (Lipinski definition) is 0. The van der Waals surface area contributed by atoms with Gasteiger partial charge in [-0.05, 0) is 82.9 Å². The summed E-state index contributed by atoms with van der Waals surface area (Å²) in [6, 6.07) is 8.49. The Kier molecular flexibility index (Phi) is 3.05. The van der Waals surface area contributed by atoms with Crippen molar-refractivity contribution in [3.8, 4) is 44.5 Å². The molecule has 0 aliphatic heterocycles. The van der Waals surface area contributed by atoms with Crippen LogP contribution in [0.25, 0.3) is 76.8 Å². The zero-order chi connectivity index (χ0) is 42.7. The summed E-state index contributed by atoms with van der Waals surface area (Å²) < 4.78 is 149. The molecule has 0 heterocycles. The third-order valence-corrected chi connectivity index (χ3v) is 7.25. The normalized spacial score (nSPS) is 17.0. The van der Waals surface area contributed by atoms with Gasteiger partial charge < -0.3 is 0 Å². The van der Waals surface area contributed by atoms with Crippen LogP contribution in [0.3, 0.4) is 0 Å².